The molecule has 0 bridgehead atoms. The van der Waals surface area contributed by atoms with Crippen LogP contribution in [0.25, 0.3) is 0 Å². The van der Waals surface area contributed by atoms with E-state index in [1.165, 1.54) is 18.9 Å². The topological polar surface area (TPSA) is 29.3 Å². The van der Waals surface area contributed by atoms with Crippen molar-refractivity contribution in [2.75, 3.05) is 18.0 Å². The second kappa shape index (κ2) is 7.37. The molecule has 1 rings (SSSR count). The molecule has 2 N–H and O–H groups in total. The Morgan fingerprint density at radius 3 is 2.39 bits per heavy atom. The van der Waals surface area contributed by atoms with Gasteiger partial charge in [0.15, 0.2) is 0 Å². The van der Waals surface area contributed by atoms with E-state index < -0.39 is 0 Å². The molecule has 18 heavy (non-hydrogen) atoms. The van der Waals surface area contributed by atoms with Gasteiger partial charge in [0, 0.05) is 25.3 Å². The molecule has 0 aliphatic rings. The minimum atomic E-state index is -0.210. The van der Waals surface area contributed by atoms with Crippen LogP contribution in [0.3, 0.4) is 0 Å². The van der Waals surface area contributed by atoms with Crippen LogP contribution < -0.4 is 10.6 Å². The van der Waals surface area contributed by atoms with E-state index >= 15 is 0 Å². The first-order valence-electron chi connectivity index (χ1n) is 6.89. The van der Waals surface area contributed by atoms with Crippen LogP contribution >= 0.6 is 0 Å². The summed E-state index contributed by atoms with van der Waals surface area (Å²) in [5.41, 5.74) is 7.68. The van der Waals surface area contributed by atoms with Gasteiger partial charge in [-0.2, -0.15) is 0 Å². The second-order valence-electron chi connectivity index (χ2n) is 4.70. The van der Waals surface area contributed by atoms with E-state index in [0.29, 0.717) is 12.5 Å². The summed E-state index contributed by atoms with van der Waals surface area (Å²) >= 11 is 0. The van der Waals surface area contributed by atoms with Crippen LogP contribution in [0.2, 0.25) is 0 Å². The monoisotopic (exact) mass is 252 g/mol. The summed E-state index contributed by atoms with van der Waals surface area (Å²) < 4.78 is 13.2. The highest BCUT2D eigenvalue weighted by Gasteiger charge is 2.13. The van der Waals surface area contributed by atoms with E-state index in [1.807, 2.05) is 6.07 Å². The molecule has 2 nitrogen and oxygen atoms in total. The van der Waals surface area contributed by atoms with Crippen molar-refractivity contribution in [2.24, 2.45) is 11.7 Å². The van der Waals surface area contributed by atoms with Crippen LogP contribution in [0.4, 0.5) is 10.1 Å². The highest BCUT2D eigenvalue weighted by atomic mass is 19.1. The molecule has 0 atom stereocenters. The van der Waals surface area contributed by atoms with Gasteiger partial charge in [0.2, 0.25) is 0 Å². The van der Waals surface area contributed by atoms with Gasteiger partial charge in [-0.1, -0.05) is 26.7 Å². The Labute approximate surface area is 110 Å². The maximum absolute atomic E-state index is 13.2. The van der Waals surface area contributed by atoms with Crippen molar-refractivity contribution in [1.82, 2.24) is 0 Å². The number of anilines is 1. The first-order chi connectivity index (χ1) is 8.65. The zero-order chi connectivity index (χ0) is 13.5. The molecule has 3 heteroatoms. The molecule has 0 saturated carbocycles. The number of halogens is 1. The smallest absolute Gasteiger partial charge is 0.123 e. The van der Waals surface area contributed by atoms with Gasteiger partial charge in [-0.3, -0.25) is 0 Å². The van der Waals surface area contributed by atoms with Gasteiger partial charge >= 0.3 is 0 Å². The SMILES string of the molecule is CCC(CC)CN(CC)c1ccc(F)cc1CN. The molecule has 0 aliphatic heterocycles. The van der Waals surface area contributed by atoms with Gasteiger partial charge in [0.05, 0.1) is 0 Å². The molecule has 0 amide bonds. The molecule has 1 aromatic carbocycles. The number of nitrogens with zero attached hydrogens (tertiary/aromatic N) is 1. The standard InChI is InChI=1S/C15H25FN2/c1-4-12(5-2)11-18(6-3)15-8-7-14(16)9-13(15)10-17/h7-9,12H,4-6,10-11,17H2,1-3H3. The maximum atomic E-state index is 13.2. The summed E-state index contributed by atoms with van der Waals surface area (Å²) in [7, 11) is 0. The fourth-order valence-corrected chi connectivity index (χ4v) is 2.28. The Bertz CT molecular complexity index is 362. The van der Waals surface area contributed by atoms with Crippen molar-refractivity contribution in [1.29, 1.82) is 0 Å². The average Bonchev–Trinajstić information content (AvgIpc) is 2.41. The fourth-order valence-electron chi connectivity index (χ4n) is 2.28. The Hall–Kier alpha value is -1.09. The van der Waals surface area contributed by atoms with Crippen LogP contribution in [0, 0.1) is 11.7 Å². The predicted octanol–water partition coefficient (Wildman–Crippen LogP) is 3.55. The fraction of sp³-hybridized carbons (Fsp3) is 0.600. The van der Waals surface area contributed by atoms with E-state index in [4.69, 9.17) is 5.73 Å². The molecular formula is C15H25FN2. The summed E-state index contributed by atoms with van der Waals surface area (Å²) in [6.45, 7) is 8.89. The summed E-state index contributed by atoms with van der Waals surface area (Å²) in [5, 5.41) is 0. The largest absolute Gasteiger partial charge is 0.371 e. The maximum Gasteiger partial charge on any atom is 0.123 e. The molecule has 0 unspecified atom stereocenters. The van der Waals surface area contributed by atoms with Gasteiger partial charge in [-0.05, 0) is 36.6 Å². The lowest BCUT2D eigenvalue weighted by Gasteiger charge is -2.29. The molecule has 0 fully saturated rings. The number of benzene rings is 1. The second-order valence-corrected chi connectivity index (χ2v) is 4.70. The zero-order valence-electron chi connectivity index (χ0n) is 11.7. The first kappa shape index (κ1) is 15.0. The third-order valence-electron chi connectivity index (χ3n) is 3.62. The van der Waals surface area contributed by atoms with Crippen molar-refractivity contribution >= 4 is 5.69 Å². The summed E-state index contributed by atoms with van der Waals surface area (Å²) in [4.78, 5) is 2.30. The van der Waals surface area contributed by atoms with Crippen molar-refractivity contribution in [3.8, 4) is 0 Å². The van der Waals surface area contributed by atoms with E-state index in [9.17, 15) is 4.39 Å². The number of nitrogens with two attached hydrogens (primary N) is 1. The van der Waals surface area contributed by atoms with Gasteiger partial charge in [0.1, 0.15) is 5.82 Å². The Morgan fingerprint density at radius 1 is 1.22 bits per heavy atom. The molecule has 0 radical (unpaired) electrons. The Kier molecular flexibility index (Phi) is 6.13. The first-order valence-corrected chi connectivity index (χ1v) is 6.89. The third kappa shape index (κ3) is 3.70. The minimum absolute atomic E-state index is 0.210. The number of rotatable bonds is 7. The summed E-state index contributed by atoms with van der Waals surface area (Å²) in [6.07, 6.45) is 2.35. The lowest BCUT2D eigenvalue weighted by atomic mass is 10.0. The van der Waals surface area contributed by atoms with E-state index in [0.717, 1.165) is 24.3 Å². The highest BCUT2D eigenvalue weighted by Crippen LogP contribution is 2.23. The quantitative estimate of drug-likeness (QED) is 0.804. The van der Waals surface area contributed by atoms with Crippen molar-refractivity contribution < 1.29 is 4.39 Å². The van der Waals surface area contributed by atoms with Gasteiger partial charge in [0.25, 0.3) is 0 Å². The predicted molar refractivity (Wildman–Crippen MR) is 76.3 cm³/mol. The molecule has 0 spiro atoms. The van der Waals surface area contributed by atoms with Gasteiger partial charge in [-0.15, -0.1) is 0 Å². The van der Waals surface area contributed by atoms with Crippen molar-refractivity contribution in [3.05, 3.63) is 29.6 Å². The third-order valence-corrected chi connectivity index (χ3v) is 3.62. The minimum Gasteiger partial charge on any atom is -0.371 e. The average molecular weight is 252 g/mol. The van der Waals surface area contributed by atoms with Crippen LogP contribution in [-0.2, 0) is 6.54 Å². The number of hydrogen-bond donors (Lipinski definition) is 1. The molecule has 0 heterocycles. The van der Waals surface area contributed by atoms with Crippen LogP contribution in [0.15, 0.2) is 18.2 Å². The molecule has 0 saturated heterocycles. The highest BCUT2D eigenvalue weighted by molar-refractivity contribution is 5.53. The Morgan fingerprint density at radius 2 is 1.89 bits per heavy atom. The van der Waals surface area contributed by atoms with Gasteiger partial charge < -0.3 is 10.6 Å². The molecule has 0 aromatic heterocycles. The molecule has 0 aliphatic carbocycles. The lowest BCUT2D eigenvalue weighted by molar-refractivity contribution is 0.485. The Balaban J connectivity index is 2.93. The van der Waals surface area contributed by atoms with E-state index in [-0.39, 0.29) is 5.82 Å². The number of hydrogen-bond acceptors (Lipinski definition) is 2. The molecular weight excluding hydrogens is 227 g/mol. The molecule has 1 aromatic rings. The zero-order valence-corrected chi connectivity index (χ0v) is 11.7. The summed E-state index contributed by atoms with van der Waals surface area (Å²) in [6, 6.07) is 4.92. The summed E-state index contributed by atoms with van der Waals surface area (Å²) in [5.74, 6) is 0.471. The van der Waals surface area contributed by atoms with E-state index in [2.05, 4.69) is 25.7 Å². The lowest BCUT2D eigenvalue weighted by Crippen LogP contribution is -2.30. The van der Waals surface area contributed by atoms with Crippen LogP contribution in [-0.4, -0.2) is 13.1 Å². The molecule has 102 valence electrons. The van der Waals surface area contributed by atoms with Crippen LogP contribution in [0.1, 0.15) is 39.2 Å². The van der Waals surface area contributed by atoms with Crippen LogP contribution in [0.5, 0.6) is 0 Å². The van der Waals surface area contributed by atoms with Crippen molar-refractivity contribution in [2.45, 2.75) is 40.2 Å². The van der Waals surface area contributed by atoms with Crippen molar-refractivity contribution in [3.63, 3.8) is 0 Å². The van der Waals surface area contributed by atoms with Gasteiger partial charge in [-0.25, -0.2) is 4.39 Å². The van der Waals surface area contributed by atoms with E-state index in [1.54, 1.807) is 6.07 Å². The normalized spacial score (nSPS) is 11.0.